The van der Waals surface area contributed by atoms with Gasteiger partial charge in [-0.15, -0.1) is 0 Å². The van der Waals surface area contributed by atoms with Gasteiger partial charge in [-0.2, -0.15) is 0 Å². The van der Waals surface area contributed by atoms with E-state index < -0.39 is 0 Å². The van der Waals surface area contributed by atoms with Gasteiger partial charge in [-0.3, -0.25) is 4.79 Å². The Morgan fingerprint density at radius 3 is 2.52 bits per heavy atom. The smallest absolute Gasteiger partial charge is 0.220 e. The molecule has 0 aromatic rings. The van der Waals surface area contributed by atoms with E-state index >= 15 is 0 Å². The Bertz CT molecular complexity index is 339. The summed E-state index contributed by atoms with van der Waals surface area (Å²) in [6, 6.07) is 0.0488. The van der Waals surface area contributed by atoms with Crippen LogP contribution in [0.4, 0.5) is 0 Å². The van der Waals surface area contributed by atoms with Gasteiger partial charge in [0.15, 0.2) is 0 Å². The van der Waals surface area contributed by atoms with E-state index in [-0.39, 0.29) is 18.1 Å². The van der Waals surface area contributed by atoms with Crippen LogP contribution in [0.5, 0.6) is 0 Å². The Balaban J connectivity index is 1.38. The van der Waals surface area contributed by atoms with Gasteiger partial charge < -0.3 is 14.8 Å². The van der Waals surface area contributed by atoms with Crippen molar-refractivity contribution in [3.63, 3.8) is 0 Å². The zero-order valence-corrected chi connectivity index (χ0v) is 13.0. The van der Waals surface area contributed by atoms with Crippen LogP contribution in [0.2, 0.25) is 0 Å². The highest BCUT2D eigenvalue weighted by molar-refractivity contribution is 5.76. The number of hydrogen-bond acceptors (Lipinski definition) is 3. The van der Waals surface area contributed by atoms with E-state index in [2.05, 4.69) is 5.32 Å². The van der Waals surface area contributed by atoms with E-state index in [9.17, 15) is 4.79 Å². The molecule has 1 N–H and O–H groups in total. The molecular formula is C17H29NO3. The maximum Gasteiger partial charge on any atom is 0.220 e. The molecule has 2 saturated carbocycles. The Hall–Kier alpha value is -0.610. The molecular weight excluding hydrogens is 266 g/mol. The first kappa shape index (κ1) is 15.3. The van der Waals surface area contributed by atoms with E-state index in [1.54, 1.807) is 0 Å². The van der Waals surface area contributed by atoms with E-state index in [1.807, 2.05) is 0 Å². The van der Waals surface area contributed by atoms with Crippen molar-refractivity contribution in [3.8, 4) is 0 Å². The molecule has 3 aliphatic rings. The second kappa shape index (κ2) is 7.59. The monoisotopic (exact) mass is 295 g/mol. The van der Waals surface area contributed by atoms with E-state index in [1.165, 1.54) is 38.5 Å². The van der Waals surface area contributed by atoms with Crippen LogP contribution in [-0.4, -0.2) is 37.9 Å². The SMILES string of the molecule is O=C(CCC1CCC1)N[C@@H]1COCC[C@@H]1OCC1CCC1. The summed E-state index contributed by atoms with van der Waals surface area (Å²) >= 11 is 0. The summed E-state index contributed by atoms with van der Waals surface area (Å²) in [4.78, 5) is 12.1. The van der Waals surface area contributed by atoms with Crippen molar-refractivity contribution in [2.45, 2.75) is 69.9 Å². The largest absolute Gasteiger partial charge is 0.379 e. The second-order valence-electron chi connectivity index (χ2n) is 7.04. The standard InChI is InChI=1S/C17H29NO3/c19-17(8-7-13-3-1-4-13)18-15-12-20-10-9-16(15)21-11-14-5-2-6-14/h13-16H,1-12H2,(H,18,19)/t15-,16+/m1/s1. The lowest BCUT2D eigenvalue weighted by atomic mass is 9.82. The topological polar surface area (TPSA) is 47.6 Å². The molecule has 2 atom stereocenters. The number of rotatable bonds is 7. The van der Waals surface area contributed by atoms with Gasteiger partial charge in [0, 0.05) is 19.6 Å². The van der Waals surface area contributed by atoms with Crippen LogP contribution in [-0.2, 0) is 14.3 Å². The maximum atomic E-state index is 12.1. The molecule has 3 fully saturated rings. The summed E-state index contributed by atoms with van der Waals surface area (Å²) < 4.78 is 11.6. The average Bonchev–Trinajstić information content (AvgIpc) is 2.37. The van der Waals surface area contributed by atoms with Gasteiger partial charge in [-0.25, -0.2) is 0 Å². The molecule has 1 amide bonds. The molecule has 3 rings (SSSR count). The molecule has 21 heavy (non-hydrogen) atoms. The minimum atomic E-state index is 0.0488. The first-order valence-corrected chi connectivity index (χ1v) is 8.80. The van der Waals surface area contributed by atoms with Gasteiger partial charge in [0.1, 0.15) is 0 Å². The lowest BCUT2D eigenvalue weighted by Crippen LogP contribution is -2.51. The van der Waals surface area contributed by atoms with Crippen LogP contribution in [0.3, 0.4) is 0 Å². The third-order valence-corrected chi connectivity index (χ3v) is 5.41. The highest BCUT2D eigenvalue weighted by Gasteiger charge is 2.30. The fourth-order valence-electron chi connectivity index (χ4n) is 3.37. The van der Waals surface area contributed by atoms with Crippen molar-refractivity contribution < 1.29 is 14.3 Å². The van der Waals surface area contributed by atoms with Crippen molar-refractivity contribution in [3.05, 3.63) is 0 Å². The average molecular weight is 295 g/mol. The highest BCUT2D eigenvalue weighted by Crippen LogP contribution is 2.30. The van der Waals surface area contributed by atoms with E-state index in [0.29, 0.717) is 13.0 Å². The van der Waals surface area contributed by atoms with Crippen molar-refractivity contribution in [1.82, 2.24) is 5.32 Å². The van der Waals surface area contributed by atoms with Crippen LogP contribution < -0.4 is 5.32 Å². The summed E-state index contributed by atoms with van der Waals surface area (Å²) in [5.74, 6) is 1.72. The zero-order chi connectivity index (χ0) is 14.5. The first-order chi connectivity index (χ1) is 10.3. The third kappa shape index (κ3) is 4.43. The molecule has 1 saturated heterocycles. The Morgan fingerprint density at radius 1 is 1.10 bits per heavy atom. The predicted octanol–water partition coefficient (Wildman–Crippen LogP) is 2.66. The van der Waals surface area contributed by atoms with Crippen LogP contribution in [0.1, 0.15) is 57.8 Å². The zero-order valence-electron chi connectivity index (χ0n) is 13.0. The summed E-state index contributed by atoms with van der Waals surface area (Å²) in [6.07, 6.45) is 10.7. The van der Waals surface area contributed by atoms with Crippen molar-refractivity contribution in [1.29, 1.82) is 0 Å². The molecule has 2 aliphatic carbocycles. The minimum Gasteiger partial charge on any atom is -0.379 e. The van der Waals surface area contributed by atoms with Crippen LogP contribution in [0.25, 0.3) is 0 Å². The lowest BCUT2D eigenvalue weighted by Gasteiger charge is -2.35. The molecule has 0 bridgehead atoms. The third-order valence-electron chi connectivity index (χ3n) is 5.41. The van der Waals surface area contributed by atoms with Gasteiger partial charge in [0.05, 0.1) is 18.8 Å². The Labute approximate surface area is 127 Å². The molecule has 4 heteroatoms. The Kier molecular flexibility index (Phi) is 5.53. The quantitative estimate of drug-likeness (QED) is 0.785. The second-order valence-corrected chi connectivity index (χ2v) is 7.04. The molecule has 120 valence electrons. The highest BCUT2D eigenvalue weighted by atomic mass is 16.5. The molecule has 0 unspecified atom stereocenters. The van der Waals surface area contributed by atoms with Crippen LogP contribution in [0, 0.1) is 11.8 Å². The molecule has 0 spiro atoms. The maximum absolute atomic E-state index is 12.1. The lowest BCUT2D eigenvalue weighted by molar-refractivity contribution is -0.127. The van der Waals surface area contributed by atoms with Crippen LogP contribution in [0.15, 0.2) is 0 Å². The summed E-state index contributed by atoms with van der Waals surface area (Å²) in [5.41, 5.74) is 0. The summed E-state index contributed by atoms with van der Waals surface area (Å²) in [6.45, 7) is 2.22. The summed E-state index contributed by atoms with van der Waals surface area (Å²) in [7, 11) is 0. The first-order valence-electron chi connectivity index (χ1n) is 8.80. The molecule has 1 aliphatic heterocycles. The van der Waals surface area contributed by atoms with Gasteiger partial charge in [-0.05, 0) is 37.5 Å². The fraction of sp³-hybridized carbons (Fsp3) is 0.941. The van der Waals surface area contributed by atoms with Crippen molar-refractivity contribution >= 4 is 5.91 Å². The molecule has 4 nitrogen and oxygen atoms in total. The van der Waals surface area contributed by atoms with E-state index in [4.69, 9.17) is 9.47 Å². The molecule has 1 heterocycles. The van der Waals surface area contributed by atoms with Crippen LogP contribution >= 0.6 is 0 Å². The predicted molar refractivity (Wildman–Crippen MR) is 81.0 cm³/mol. The number of carbonyl (C=O) groups is 1. The minimum absolute atomic E-state index is 0.0488. The van der Waals surface area contributed by atoms with Crippen molar-refractivity contribution in [2.75, 3.05) is 19.8 Å². The number of ether oxygens (including phenoxy) is 2. The van der Waals surface area contributed by atoms with E-state index in [0.717, 1.165) is 37.9 Å². The number of nitrogens with one attached hydrogen (secondary N) is 1. The Morgan fingerprint density at radius 2 is 1.86 bits per heavy atom. The van der Waals surface area contributed by atoms with Gasteiger partial charge >= 0.3 is 0 Å². The summed E-state index contributed by atoms with van der Waals surface area (Å²) in [5, 5.41) is 3.14. The normalized spacial score (nSPS) is 30.5. The number of hydrogen-bond donors (Lipinski definition) is 1. The molecule has 0 aromatic heterocycles. The van der Waals surface area contributed by atoms with Gasteiger partial charge in [-0.1, -0.05) is 25.7 Å². The van der Waals surface area contributed by atoms with Crippen molar-refractivity contribution in [2.24, 2.45) is 11.8 Å². The number of amides is 1. The van der Waals surface area contributed by atoms with Gasteiger partial charge in [0.25, 0.3) is 0 Å². The molecule has 0 radical (unpaired) electrons. The fourth-order valence-corrected chi connectivity index (χ4v) is 3.37. The van der Waals surface area contributed by atoms with Gasteiger partial charge in [0.2, 0.25) is 5.91 Å². The number of carbonyl (C=O) groups excluding carboxylic acids is 1. The molecule has 0 aromatic carbocycles.